The van der Waals surface area contributed by atoms with Crippen LogP contribution in [-0.4, -0.2) is 42.3 Å². The van der Waals surface area contributed by atoms with E-state index in [1.54, 1.807) is 42.0 Å². The molecule has 9 nitrogen and oxygen atoms in total. The zero-order valence-electron chi connectivity index (χ0n) is 17.3. The number of hydrogen-bond donors (Lipinski definition) is 3. The molecule has 10 heteroatoms. The fourth-order valence-corrected chi connectivity index (χ4v) is 3.64. The second-order valence-electron chi connectivity index (χ2n) is 7.44. The highest BCUT2D eigenvalue weighted by molar-refractivity contribution is 6.30. The number of carbonyl (C=O) groups is 2. The molecule has 1 amide bonds. The fourth-order valence-electron chi connectivity index (χ4n) is 3.45. The predicted octanol–water partition coefficient (Wildman–Crippen LogP) is 3.98. The molecule has 3 N–H and O–H groups in total. The number of nitrogens with one attached hydrogen (secondary N) is 2. The van der Waals surface area contributed by atoms with E-state index in [2.05, 4.69) is 21.9 Å². The summed E-state index contributed by atoms with van der Waals surface area (Å²) in [6.45, 7) is 2.07. The number of amides is 1. The monoisotopic (exact) mass is 450 g/mol. The number of ketones is 1. The zero-order chi connectivity index (χ0) is 23.0. The van der Waals surface area contributed by atoms with Gasteiger partial charge in [-0.1, -0.05) is 48.9 Å². The van der Waals surface area contributed by atoms with E-state index in [-0.39, 0.29) is 23.1 Å². The van der Waals surface area contributed by atoms with Gasteiger partial charge < -0.3 is 9.67 Å². The van der Waals surface area contributed by atoms with Crippen molar-refractivity contribution in [2.45, 2.75) is 13.3 Å². The van der Waals surface area contributed by atoms with E-state index in [4.69, 9.17) is 22.1 Å². The van der Waals surface area contributed by atoms with E-state index >= 15 is 0 Å². The number of rotatable bonds is 4. The van der Waals surface area contributed by atoms with Gasteiger partial charge in [0.25, 0.3) is 0 Å². The topological polar surface area (TPSA) is 134 Å². The first-order chi connectivity index (χ1) is 15.2. The van der Waals surface area contributed by atoms with Crippen molar-refractivity contribution in [3.63, 3.8) is 0 Å². The van der Waals surface area contributed by atoms with Crippen LogP contribution < -0.4 is 5.32 Å². The number of aromatic nitrogens is 4. The SMILES string of the molecule is CC1C=CC(C(=O)c2nc3nc(C(=N)NC(=O)O)nc(-c4cccc(Cl)c4)c3n2C)=CC1. The van der Waals surface area contributed by atoms with Crippen LogP contribution in [0.5, 0.6) is 0 Å². The highest BCUT2D eigenvalue weighted by atomic mass is 35.5. The summed E-state index contributed by atoms with van der Waals surface area (Å²) in [4.78, 5) is 37.2. The van der Waals surface area contributed by atoms with Crippen LogP contribution in [0.25, 0.3) is 22.4 Å². The minimum Gasteiger partial charge on any atom is -0.465 e. The normalized spacial score (nSPS) is 15.5. The van der Waals surface area contributed by atoms with E-state index in [9.17, 15) is 9.59 Å². The third-order valence-corrected chi connectivity index (χ3v) is 5.30. The largest absolute Gasteiger partial charge is 0.465 e. The van der Waals surface area contributed by atoms with Crippen LogP contribution in [0.4, 0.5) is 4.79 Å². The van der Waals surface area contributed by atoms with Crippen molar-refractivity contribution >= 4 is 40.5 Å². The number of amidine groups is 1. The average Bonchev–Trinajstić information content (AvgIpc) is 3.09. The molecular weight excluding hydrogens is 432 g/mol. The minimum absolute atomic E-state index is 0.165. The molecule has 32 heavy (non-hydrogen) atoms. The Morgan fingerprint density at radius 3 is 2.72 bits per heavy atom. The number of halogens is 1. The van der Waals surface area contributed by atoms with Gasteiger partial charge in [-0.2, -0.15) is 0 Å². The van der Waals surface area contributed by atoms with Gasteiger partial charge in [-0.05, 0) is 24.5 Å². The molecule has 1 aromatic carbocycles. The molecule has 0 radical (unpaired) electrons. The van der Waals surface area contributed by atoms with Gasteiger partial charge in [0.2, 0.25) is 5.78 Å². The van der Waals surface area contributed by atoms with E-state index < -0.39 is 11.9 Å². The molecule has 0 fully saturated rings. The molecular formula is C22H19ClN6O3. The van der Waals surface area contributed by atoms with E-state index in [1.807, 2.05) is 17.5 Å². The van der Waals surface area contributed by atoms with Crippen molar-refractivity contribution in [2.24, 2.45) is 13.0 Å². The molecule has 0 aliphatic heterocycles. The van der Waals surface area contributed by atoms with Crippen LogP contribution in [-0.2, 0) is 7.05 Å². The van der Waals surface area contributed by atoms with Crippen LogP contribution in [0.15, 0.2) is 48.1 Å². The number of carboxylic acid groups (broad SMARTS) is 1. The Morgan fingerprint density at radius 2 is 2.06 bits per heavy atom. The second-order valence-corrected chi connectivity index (χ2v) is 7.88. The summed E-state index contributed by atoms with van der Waals surface area (Å²) in [5.74, 6) is -0.405. The van der Waals surface area contributed by atoms with Gasteiger partial charge in [0.15, 0.2) is 23.1 Å². The Labute approximate surface area is 188 Å². The standard InChI is InChI=1S/C22H19ClN6O3/c1-11-6-8-12(9-7-11)17(30)21-28-19-16(29(21)2)15(13-4-3-5-14(23)10-13)25-20(27-19)18(24)26-22(31)32/h3-6,8-11H,7H2,1-2H3,(H2,24,26)(H,31,32). The molecule has 3 aromatic rings. The molecule has 4 rings (SSSR count). The number of carbonyl (C=O) groups excluding carboxylic acids is 1. The molecule has 1 aliphatic carbocycles. The first-order valence-electron chi connectivity index (χ1n) is 9.77. The lowest BCUT2D eigenvalue weighted by atomic mass is 9.96. The summed E-state index contributed by atoms with van der Waals surface area (Å²) in [6.07, 6.45) is 5.00. The molecule has 0 saturated heterocycles. The van der Waals surface area contributed by atoms with E-state index in [1.165, 1.54) is 0 Å². The minimum atomic E-state index is -1.41. The highest BCUT2D eigenvalue weighted by Crippen LogP contribution is 2.29. The Hall–Kier alpha value is -3.85. The van der Waals surface area contributed by atoms with E-state index in [0.717, 1.165) is 6.42 Å². The average molecular weight is 451 g/mol. The maximum Gasteiger partial charge on any atom is 0.410 e. The van der Waals surface area contributed by atoms with Crippen LogP contribution in [0.1, 0.15) is 29.8 Å². The first kappa shape index (κ1) is 21.4. The lowest BCUT2D eigenvalue weighted by Gasteiger charge is -2.11. The van der Waals surface area contributed by atoms with Crippen molar-refractivity contribution < 1.29 is 14.7 Å². The highest BCUT2D eigenvalue weighted by Gasteiger charge is 2.24. The van der Waals surface area contributed by atoms with Crippen molar-refractivity contribution in [3.8, 4) is 11.3 Å². The maximum absolute atomic E-state index is 13.2. The number of Topliss-reactive ketones (excluding diaryl/α,β-unsaturated/α-hetero) is 1. The van der Waals surface area contributed by atoms with Gasteiger partial charge in [-0.3, -0.25) is 15.5 Å². The summed E-state index contributed by atoms with van der Waals surface area (Å²) < 4.78 is 1.61. The molecule has 162 valence electrons. The molecule has 0 bridgehead atoms. The Bertz CT molecular complexity index is 1340. The number of fused-ring (bicyclic) bond motifs is 1. The molecule has 0 saturated carbocycles. The van der Waals surface area contributed by atoms with Gasteiger partial charge in [0.05, 0.1) is 0 Å². The van der Waals surface area contributed by atoms with Crippen molar-refractivity contribution in [1.82, 2.24) is 24.8 Å². The predicted molar refractivity (Wildman–Crippen MR) is 120 cm³/mol. The lowest BCUT2D eigenvalue weighted by Crippen LogP contribution is -2.30. The van der Waals surface area contributed by atoms with Crippen molar-refractivity contribution in [1.29, 1.82) is 5.41 Å². The molecule has 1 unspecified atom stereocenters. The second kappa shape index (κ2) is 8.35. The van der Waals surface area contributed by atoms with Gasteiger partial charge in [0, 0.05) is 23.2 Å². The number of imidazole rings is 1. The quantitative estimate of drug-likeness (QED) is 0.312. The maximum atomic E-state index is 13.2. The number of hydrogen-bond acceptors (Lipinski definition) is 6. The molecule has 0 spiro atoms. The van der Waals surface area contributed by atoms with Crippen LogP contribution in [0, 0.1) is 11.3 Å². The van der Waals surface area contributed by atoms with Gasteiger partial charge >= 0.3 is 6.09 Å². The Kier molecular flexibility index (Phi) is 5.58. The smallest absolute Gasteiger partial charge is 0.410 e. The van der Waals surface area contributed by atoms with Crippen LogP contribution >= 0.6 is 11.6 Å². The molecule has 1 atom stereocenters. The summed E-state index contributed by atoms with van der Waals surface area (Å²) in [6, 6.07) is 6.91. The fraction of sp³-hybridized carbons (Fsp3) is 0.182. The summed E-state index contributed by atoms with van der Waals surface area (Å²) in [7, 11) is 1.69. The van der Waals surface area contributed by atoms with Crippen LogP contribution in [0.3, 0.4) is 0 Å². The third kappa shape index (κ3) is 4.02. The molecule has 2 heterocycles. The van der Waals surface area contributed by atoms with Gasteiger partial charge in [-0.25, -0.2) is 19.7 Å². The van der Waals surface area contributed by atoms with Crippen molar-refractivity contribution in [2.75, 3.05) is 0 Å². The van der Waals surface area contributed by atoms with E-state index in [0.29, 0.717) is 33.3 Å². The number of aryl methyl sites for hydroxylation is 1. The Balaban J connectivity index is 1.91. The van der Waals surface area contributed by atoms with Crippen molar-refractivity contribution in [3.05, 3.63) is 64.7 Å². The third-order valence-electron chi connectivity index (χ3n) is 5.06. The lowest BCUT2D eigenvalue weighted by molar-refractivity contribution is 0.102. The number of nitrogens with zero attached hydrogens (tertiary/aromatic N) is 4. The zero-order valence-corrected chi connectivity index (χ0v) is 18.0. The first-order valence-corrected chi connectivity index (χ1v) is 10.1. The summed E-state index contributed by atoms with van der Waals surface area (Å²) in [5, 5.41) is 19.4. The molecule has 2 aromatic heterocycles. The van der Waals surface area contributed by atoms with Gasteiger partial charge in [0.1, 0.15) is 11.2 Å². The number of allylic oxidation sites excluding steroid dienone is 4. The molecule has 1 aliphatic rings. The van der Waals surface area contributed by atoms with Gasteiger partial charge in [-0.15, -0.1) is 0 Å². The number of benzene rings is 1. The van der Waals surface area contributed by atoms with Crippen LogP contribution in [0.2, 0.25) is 5.02 Å². The summed E-state index contributed by atoms with van der Waals surface area (Å²) in [5.41, 5.74) is 2.17. The summed E-state index contributed by atoms with van der Waals surface area (Å²) >= 11 is 6.16. The Morgan fingerprint density at radius 1 is 1.28 bits per heavy atom.